The predicted octanol–water partition coefficient (Wildman–Crippen LogP) is 0.924. The van der Waals surface area contributed by atoms with Crippen LogP contribution in [0.15, 0.2) is 6.20 Å². The zero-order valence-corrected chi connectivity index (χ0v) is 14.5. The van der Waals surface area contributed by atoms with Gasteiger partial charge in [0, 0.05) is 19.6 Å². The lowest BCUT2D eigenvalue weighted by atomic mass is 9.91. The van der Waals surface area contributed by atoms with E-state index in [0.717, 1.165) is 31.4 Å². The molecule has 1 aliphatic heterocycles. The molecule has 2 heterocycles. The highest BCUT2D eigenvalue weighted by molar-refractivity contribution is 7.88. The van der Waals surface area contributed by atoms with Gasteiger partial charge < -0.3 is 5.73 Å². The van der Waals surface area contributed by atoms with E-state index in [9.17, 15) is 8.42 Å². The average molecular weight is 329 g/mol. The third kappa shape index (κ3) is 3.85. The molecule has 1 atom stereocenters. The summed E-state index contributed by atoms with van der Waals surface area (Å²) in [7, 11) is -3.11. The maximum absolute atomic E-state index is 11.7. The third-order valence-electron chi connectivity index (χ3n) is 4.71. The average Bonchev–Trinajstić information content (AvgIpc) is 2.95. The molecule has 2 rings (SSSR count). The number of hydrogen-bond acceptors (Lipinski definition) is 5. The Morgan fingerprint density at radius 1 is 1.41 bits per heavy atom. The second kappa shape index (κ2) is 6.64. The molecule has 0 spiro atoms. The van der Waals surface area contributed by atoms with E-state index in [4.69, 9.17) is 5.73 Å². The van der Waals surface area contributed by atoms with Crippen LogP contribution in [-0.2, 0) is 22.1 Å². The van der Waals surface area contributed by atoms with Crippen molar-refractivity contribution in [2.75, 3.05) is 19.3 Å². The van der Waals surface area contributed by atoms with Crippen LogP contribution >= 0.6 is 0 Å². The largest absolute Gasteiger partial charge is 0.320 e. The Balaban J connectivity index is 2.04. The molecule has 1 fully saturated rings. The smallest absolute Gasteiger partial charge is 0.211 e. The molecule has 0 amide bonds. The minimum absolute atomic E-state index is 0.272. The van der Waals surface area contributed by atoms with Crippen molar-refractivity contribution < 1.29 is 8.42 Å². The zero-order valence-electron chi connectivity index (χ0n) is 13.7. The first-order valence-electron chi connectivity index (χ1n) is 7.93. The van der Waals surface area contributed by atoms with Gasteiger partial charge in [0.25, 0.3) is 0 Å². The van der Waals surface area contributed by atoms with E-state index in [1.165, 1.54) is 6.26 Å². The summed E-state index contributed by atoms with van der Waals surface area (Å²) in [6.07, 6.45) is 6.71. The van der Waals surface area contributed by atoms with Gasteiger partial charge in [0.2, 0.25) is 10.0 Å². The van der Waals surface area contributed by atoms with Crippen LogP contribution < -0.4 is 5.73 Å². The van der Waals surface area contributed by atoms with Crippen molar-refractivity contribution in [1.29, 1.82) is 0 Å². The van der Waals surface area contributed by atoms with E-state index in [2.05, 4.69) is 10.3 Å². The molecule has 1 aromatic heterocycles. The lowest BCUT2D eigenvalue weighted by Gasteiger charge is -2.30. The molecule has 0 unspecified atom stereocenters. The number of nitrogens with two attached hydrogens (primary N) is 1. The van der Waals surface area contributed by atoms with E-state index < -0.39 is 15.6 Å². The first-order valence-corrected chi connectivity index (χ1v) is 9.78. The van der Waals surface area contributed by atoms with Crippen molar-refractivity contribution in [1.82, 2.24) is 19.3 Å². The van der Waals surface area contributed by atoms with Gasteiger partial charge in [-0.05, 0) is 31.6 Å². The summed E-state index contributed by atoms with van der Waals surface area (Å²) in [5, 5.41) is 8.40. The minimum Gasteiger partial charge on any atom is -0.320 e. The van der Waals surface area contributed by atoms with Crippen LogP contribution in [0.4, 0.5) is 0 Å². The fraction of sp³-hybridized carbons (Fsp3) is 0.857. The normalized spacial score (nSPS) is 21.2. The van der Waals surface area contributed by atoms with Crippen molar-refractivity contribution in [3.63, 3.8) is 0 Å². The number of aromatic nitrogens is 3. The molecule has 0 saturated carbocycles. The molecule has 126 valence electrons. The topological polar surface area (TPSA) is 94.1 Å². The Kier molecular flexibility index (Phi) is 5.24. The standard InChI is InChI=1S/C14H27N5O2S/c1-4-14(15,5-2)13-11-18(17-16-13)9-12-7-6-8-19(10-12)22(3,20)21/h11-12H,4-10,15H2,1-3H3/t12-/m1/s1. The Labute approximate surface area is 132 Å². The number of sulfonamides is 1. The molecule has 0 radical (unpaired) electrons. The van der Waals surface area contributed by atoms with E-state index in [-0.39, 0.29) is 5.92 Å². The molecular formula is C14H27N5O2S. The highest BCUT2D eigenvalue weighted by Gasteiger charge is 2.29. The fourth-order valence-corrected chi connectivity index (χ4v) is 3.91. The summed E-state index contributed by atoms with van der Waals surface area (Å²) in [6, 6.07) is 0. The highest BCUT2D eigenvalue weighted by atomic mass is 32.2. The van der Waals surface area contributed by atoms with Crippen LogP contribution in [0.5, 0.6) is 0 Å². The molecule has 1 saturated heterocycles. The number of rotatable bonds is 6. The van der Waals surface area contributed by atoms with E-state index in [1.54, 1.807) is 8.99 Å². The molecule has 2 N–H and O–H groups in total. The summed E-state index contributed by atoms with van der Waals surface area (Å²) < 4.78 is 26.7. The molecule has 1 aliphatic rings. The molecule has 22 heavy (non-hydrogen) atoms. The van der Waals surface area contributed by atoms with Gasteiger partial charge in [-0.1, -0.05) is 19.1 Å². The van der Waals surface area contributed by atoms with Crippen molar-refractivity contribution in [3.8, 4) is 0 Å². The SMILES string of the molecule is CCC(N)(CC)c1cn(C[C@H]2CCCN(S(C)(=O)=O)C2)nn1. The summed E-state index contributed by atoms with van der Waals surface area (Å²) in [4.78, 5) is 0. The van der Waals surface area contributed by atoms with Crippen molar-refractivity contribution in [2.45, 2.75) is 51.6 Å². The number of hydrogen-bond donors (Lipinski definition) is 1. The molecule has 0 bridgehead atoms. The number of nitrogens with zero attached hydrogens (tertiary/aromatic N) is 4. The van der Waals surface area contributed by atoms with Gasteiger partial charge in [0.15, 0.2) is 0 Å². The van der Waals surface area contributed by atoms with Gasteiger partial charge >= 0.3 is 0 Å². The Morgan fingerprint density at radius 3 is 2.68 bits per heavy atom. The fourth-order valence-electron chi connectivity index (χ4n) is 2.97. The van der Waals surface area contributed by atoms with E-state index >= 15 is 0 Å². The molecule has 8 heteroatoms. The maximum atomic E-state index is 11.7. The van der Waals surface area contributed by atoms with Crippen LogP contribution in [0.25, 0.3) is 0 Å². The lowest BCUT2D eigenvalue weighted by Crippen LogP contribution is -2.40. The zero-order chi connectivity index (χ0) is 16.4. The third-order valence-corrected chi connectivity index (χ3v) is 5.98. The van der Waals surface area contributed by atoms with Gasteiger partial charge in [-0.2, -0.15) is 0 Å². The first-order chi connectivity index (χ1) is 10.3. The van der Waals surface area contributed by atoms with Crippen LogP contribution in [0.3, 0.4) is 0 Å². The predicted molar refractivity (Wildman–Crippen MR) is 85.6 cm³/mol. The summed E-state index contributed by atoms with van der Waals surface area (Å²) in [5.74, 6) is 0.272. The van der Waals surface area contributed by atoms with Crippen molar-refractivity contribution in [2.24, 2.45) is 11.7 Å². The second-order valence-corrected chi connectivity index (χ2v) is 8.30. The van der Waals surface area contributed by atoms with Gasteiger partial charge in [0.1, 0.15) is 5.69 Å². The maximum Gasteiger partial charge on any atom is 0.211 e. The molecule has 7 nitrogen and oxygen atoms in total. The summed E-state index contributed by atoms with van der Waals surface area (Å²) >= 11 is 0. The van der Waals surface area contributed by atoms with Crippen LogP contribution in [0, 0.1) is 5.92 Å². The molecule has 0 aliphatic carbocycles. The summed E-state index contributed by atoms with van der Waals surface area (Å²) in [6.45, 7) is 5.96. The quantitative estimate of drug-likeness (QED) is 0.837. The van der Waals surface area contributed by atoms with Gasteiger partial charge in [0.05, 0.1) is 18.0 Å². The molecular weight excluding hydrogens is 302 g/mol. The van der Waals surface area contributed by atoms with E-state index in [0.29, 0.717) is 19.6 Å². The van der Waals surface area contributed by atoms with Crippen molar-refractivity contribution >= 4 is 10.0 Å². The van der Waals surface area contributed by atoms with Crippen LogP contribution in [0.2, 0.25) is 0 Å². The highest BCUT2D eigenvalue weighted by Crippen LogP contribution is 2.24. The van der Waals surface area contributed by atoms with Crippen LogP contribution in [-0.4, -0.2) is 47.1 Å². The summed E-state index contributed by atoms with van der Waals surface area (Å²) in [5.41, 5.74) is 6.73. The first kappa shape index (κ1) is 17.4. The van der Waals surface area contributed by atoms with Crippen LogP contribution in [0.1, 0.15) is 45.2 Å². The second-order valence-electron chi connectivity index (χ2n) is 6.32. The number of piperidine rings is 1. The monoisotopic (exact) mass is 329 g/mol. The lowest BCUT2D eigenvalue weighted by molar-refractivity contribution is 0.239. The van der Waals surface area contributed by atoms with Gasteiger partial charge in [-0.25, -0.2) is 12.7 Å². The Hall–Kier alpha value is -0.990. The Bertz CT molecular complexity index is 594. The van der Waals surface area contributed by atoms with Crippen molar-refractivity contribution in [3.05, 3.63) is 11.9 Å². The minimum atomic E-state index is -3.11. The molecule has 0 aromatic carbocycles. The van der Waals surface area contributed by atoms with E-state index in [1.807, 2.05) is 20.0 Å². The van der Waals surface area contributed by atoms with Gasteiger partial charge in [-0.15, -0.1) is 5.10 Å². The Morgan fingerprint density at radius 2 is 2.09 bits per heavy atom. The molecule has 1 aromatic rings. The van der Waals surface area contributed by atoms with Gasteiger partial charge in [-0.3, -0.25) is 4.68 Å².